The number of carbonyl (C=O) groups is 2. The van der Waals surface area contributed by atoms with E-state index >= 15 is 0 Å². The molecule has 0 rings (SSSR count). The molecule has 0 bridgehead atoms. The van der Waals surface area contributed by atoms with Crippen molar-refractivity contribution in [3.05, 3.63) is 0 Å². The monoisotopic (exact) mass is 177 g/mol. The Hall–Kier alpha value is -0.710. The van der Waals surface area contributed by atoms with Gasteiger partial charge >= 0.3 is 5.97 Å². The van der Waals surface area contributed by atoms with Crippen molar-refractivity contribution in [2.24, 2.45) is 5.92 Å². The summed E-state index contributed by atoms with van der Waals surface area (Å²) in [5, 5.41) is 8.42. The van der Waals surface area contributed by atoms with Gasteiger partial charge in [0, 0.05) is 12.7 Å². The van der Waals surface area contributed by atoms with E-state index in [2.05, 4.69) is 4.72 Å². The van der Waals surface area contributed by atoms with Crippen molar-refractivity contribution < 1.29 is 14.7 Å². The summed E-state index contributed by atoms with van der Waals surface area (Å²) in [4.78, 5) is 20.6. The van der Waals surface area contributed by atoms with Crippen LogP contribution in [0.5, 0.6) is 0 Å². The van der Waals surface area contributed by atoms with Gasteiger partial charge in [0.05, 0.1) is 5.92 Å². The van der Waals surface area contributed by atoms with Crippen LogP contribution in [0.2, 0.25) is 0 Å². The van der Waals surface area contributed by atoms with E-state index < -0.39 is 11.9 Å². The Balaban J connectivity index is 3.39. The van der Waals surface area contributed by atoms with Crippen LogP contribution in [0.4, 0.5) is 0 Å². The molecule has 0 spiro atoms. The SMILES string of the molecule is CC(=O)NSCC(C)C(=O)O. The molecule has 5 heteroatoms. The van der Waals surface area contributed by atoms with Gasteiger partial charge in [-0.3, -0.25) is 9.59 Å². The summed E-state index contributed by atoms with van der Waals surface area (Å²) in [6.07, 6.45) is 0. The summed E-state index contributed by atoms with van der Waals surface area (Å²) in [7, 11) is 0. The zero-order valence-corrected chi connectivity index (χ0v) is 7.27. The molecule has 64 valence electrons. The number of aliphatic carboxylic acids is 1. The molecule has 0 aliphatic rings. The van der Waals surface area contributed by atoms with Gasteiger partial charge in [-0.15, -0.1) is 0 Å². The van der Waals surface area contributed by atoms with Crippen LogP contribution in [0.3, 0.4) is 0 Å². The van der Waals surface area contributed by atoms with Crippen LogP contribution in [0, 0.1) is 5.92 Å². The highest BCUT2D eigenvalue weighted by atomic mass is 32.2. The Morgan fingerprint density at radius 1 is 1.64 bits per heavy atom. The maximum absolute atomic E-state index is 10.3. The van der Waals surface area contributed by atoms with Crippen LogP contribution in [0.25, 0.3) is 0 Å². The Morgan fingerprint density at radius 3 is 2.55 bits per heavy atom. The van der Waals surface area contributed by atoms with Gasteiger partial charge in [-0.25, -0.2) is 0 Å². The molecule has 0 fully saturated rings. The van der Waals surface area contributed by atoms with Gasteiger partial charge in [-0.05, 0) is 11.9 Å². The zero-order valence-electron chi connectivity index (χ0n) is 6.46. The third-order valence-corrected chi connectivity index (χ3v) is 2.07. The molecule has 0 aromatic carbocycles. The van der Waals surface area contributed by atoms with Crippen LogP contribution in [0.15, 0.2) is 0 Å². The smallest absolute Gasteiger partial charge is 0.307 e. The fraction of sp³-hybridized carbons (Fsp3) is 0.667. The van der Waals surface area contributed by atoms with Gasteiger partial charge in [0.2, 0.25) is 5.91 Å². The first-order chi connectivity index (χ1) is 5.04. The van der Waals surface area contributed by atoms with E-state index in [0.29, 0.717) is 5.75 Å². The number of carbonyl (C=O) groups excluding carboxylic acids is 1. The molecule has 2 N–H and O–H groups in total. The molecule has 0 aromatic heterocycles. The number of rotatable bonds is 4. The van der Waals surface area contributed by atoms with Crippen LogP contribution in [-0.2, 0) is 9.59 Å². The van der Waals surface area contributed by atoms with E-state index in [4.69, 9.17) is 5.11 Å². The van der Waals surface area contributed by atoms with E-state index in [1.807, 2.05) is 0 Å². The van der Waals surface area contributed by atoms with Gasteiger partial charge in [-0.1, -0.05) is 6.92 Å². The summed E-state index contributed by atoms with van der Waals surface area (Å²) in [6, 6.07) is 0. The van der Waals surface area contributed by atoms with Gasteiger partial charge in [0.25, 0.3) is 0 Å². The van der Waals surface area contributed by atoms with Gasteiger partial charge < -0.3 is 9.83 Å². The minimum absolute atomic E-state index is 0.160. The molecule has 0 radical (unpaired) electrons. The Morgan fingerprint density at radius 2 is 2.18 bits per heavy atom. The second-order valence-electron chi connectivity index (χ2n) is 2.21. The molecule has 0 aliphatic heterocycles. The second kappa shape index (κ2) is 5.01. The molecule has 0 heterocycles. The van der Waals surface area contributed by atoms with Crippen molar-refractivity contribution in [2.75, 3.05) is 5.75 Å². The number of hydrogen-bond acceptors (Lipinski definition) is 3. The van der Waals surface area contributed by atoms with Crippen LogP contribution in [-0.4, -0.2) is 22.7 Å². The minimum atomic E-state index is -0.845. The Labute approximate surface area is 69.5 Å². The summed E-state index contributed by atoms with van der Waals surface area (Å²) < 4.78 is 2.45. The van der Waals surface area contributed by atoms with Crippen LogP contribution in [0.1, 0.15) is 13.8 Å². The van der Waals surface area contributed by atoms with Crippen molar-refractivity contribution in [1.82, 2.24) is 4.72 Å². The fourth-order valence-corrected chi connectivity index (χ4v) is 1.02. The zero-order chi connectivity index (χ0) is 8.85. The van der Waals surface area contributed by atoms with Gasteiger partial charge in [0.1, 0.15) is 0 Å². The lowest BCUT2D eigenvalue weighted by atomic mass is 10.2. The highest BCUT2D eigenvalue weighted by Gasteiger charge is 2.10. The average Bonchev–Trinajstić information content (AvgIpc) is 1.86. The van der Waals surface area contributed by atoms with Crippen molar-refractivity contribution >= 4 is 23.8 Å². The lowest BCUT2D eigenvalue weighted by molar-refractivity contribution is -0.140. The van der Waals surface area contributed by atoms with Gasteiger partial charge in [0.15, 0.2) is 0 Å². The lowest BCUT2D eigenvalue weighted by Gasteiger charge is -2.04. The number of nitrogens with one attached hydrogen (secondary N) is 1. The third kappa shape index (κ3) is 5.72. The first kappa shape index (κ1) is 10.3. The normalized spacial score (nSPS) is 12.2. The highest BCUT2D eigenvalue weighted by Crippen LogP contribution is 2.03. The molecule has 0 saturated heterocycles. The number of carboxylic acid groups (broad SMARTS) is 1. The standard InChI is InChI=1S/C6H11NO3S/c1-4(6(9)10)3-11-7-5(2)8/h4H,3H2,1-2H3,(H,7,8)(H,9,10). The molecule has 1 amide bonds. The topological polar surface area (TPSA) is 66.4 Å². The maximum atomic E-state index is 10.3. The van der Waals surface area contributed by atoms with E-state index in [9.17, 15) is 9.59 Å². The third-order valence-electron chi connectivity index (χ3n) is 0.971. The van der Waals surface area contributed by atoms with Crippen LogP contribution >= 0.6 is 11.9 Å². The quantitative estimate of drug-likeness (QED) is 0.613. The first-order valence-corrected chi connectivity index (χ1v) is 4.13. The number of hydrogen-bond donors (Lipinski definition) is 2. The molecule has 1 unspecified atom stereocenters. The van der Waals surface area contributed by atoms with Crippen molar-refractivity contribution in [3.8, 4) is 0 Å². The summed E-state index contributed by atoms with van der Waals surface area (Å²) >= 11 is 1.12. The fourth-order valence-electron chi connectivity index (χ4n) is 0.340. The first-order valence-electron chi connectivity index (χ1n) is 3.15. The largest absolute Gasteiger partial charge is 0.481 e. The molecule has 1 atom stereocenters. The van der Waals surface area contributed by atoms with E-state index in [0.717, 1.165) is 11.9 Å². The molecular formula is C6H11NO3S. The van der Waals surface area contributed by atoms with Gasteiger partial charge in [-0.2, -0.15) is 0 Å². The van der Waals surface area contributed by atoms with Crippen molar-refractivity contribution in [2.45, 2.75) is 13.8 Å². The van der Waals surface area contributed by atoms with Crippen LogP contribution < -0.4 is 4.72 Å². The minimum Gasteiger partial charge on any atom is -0.481 e. The molecular weight excluding hydrogens is 166 g/mol. The predicted molar refractivity (Wildman–Crippen MR) is 43.1 cm³/mol. The van der Waals surface area contributed by atoms with E-state index in [-0.39, 0.29) is 5.91 Å². The lowest BCUT2D eigenvalue weighted by Crippen LogP contribution is -2.17. The Kier molecular flexibility index (Phi) is 4.69. The van der Waals surface area contributed by atoms with Crippen molar-refractivity contribution in [3.63, 3.8) is 0 Å². The molecule has 11 heavy (non-hydrogen) atoms. The molecule has 0 aliphatic carbocycles. The number of carboxylic acids is 1. The Bertz CT molecular complexity index is 160. The maximum Gasteiger partial charge on any atom is 0.307 e. The average molecular weight is 177 g/mol. The molecule has 0 aromatic rings. The number of amides is 1. The second-order valence-corrected chi connectivity index (χ2v) is 3.03. The molecule has 0 saturated carbocycles. The summed E-state index contributed by atoms with van der Waals surface area (Å²) in [6.45, 7) is 2.98. The van der Waals surface area contributed by atoms with E-state index in [1.165, 1.54) is 6.92 Å². The summed E-state index contributed by atoms with van der Waals surface area (Å²) in [5.41, 5.74) is 0. The predicted octanol–water partition coefficient (Wildman–Crippen LogP) is 0.491. The van der Waals surface area contributed by atoms with E-state index in [1.54, 1.807) is 6.92 Å². The highest BCUT2D eigenvalue weighted by molar-refractivity contribution is 7.97. The summed E-state index contributed by atoms with van der Waals surface area (Å²) in [5.74, 6) is -1.03. The van der Waals surface area contributed by atoms with Crippen molar-refractivity contribution in [1.29, 1.82) is 0 Å². The molecule has 4 nitrogen and oxygen atoms in total.